The van der Waals surface area contributed by atoms with Gasteiger partial charge in [0.1, 0.15) is 22.2 Å². The van der Waals surface area contributed by atoms with Crippen LogP contribution in [0.2, 0.25) is 0 Å². The Hall–Kier alpha value is -0.840. The minimum absolute atomic E-state index is 0.220. The summed E-state index contributed by atoms with van der Waals surface area (Å²) in [4.78, 5) is 8.16. The zero-order valence-corrected chi connectivity index (χ0v) is 11.1. The van der Waals surface area contributed by atoms with Crippen LogP contribution in [0.4, 0.5) is 5.82 Å². The predicted octanol–water partition coefficient (Wildman–Crippen LogP) is 2.85. The second kappa shape index (κ2) is 4.79. The maximum atomic E-state index is 5.79. The Morgan fingerprint density at radius 3 is 2.67 bits per heavy atom. The third-order valence-corrected chi connectivity index (χ3v) is 2.93. The van der Waals surface area contributed by atoms with E-state index >= 15 is 0 Å². The van der Waals surface area contributed by atoms with E-state index in [0.717, 1.165) is 16.7 Å². The first-order chi connectivity index (χ1) is 7.00. The van der Waals surface area contributed by atoms with E-state index in [0.29, 0.717) is 5.88 Å². The van der Waals surface area contributed by atoms with Crippen LogP contribution in [-0.2, 0) is 0 Å². The molecular weight excluding hydrogens is 258 g/mol. The SMILES string of the molecule is CCC(C)(C)Oc1ncnc(NC)c1Br. The molecule has 0 aliphatic rings. The molecule has 4 nitrogen and oxygen atoms in total. The van der Waals surface area contributed by atoms with Crippen molar-refractivity contribution in [2.24, 2.45) is 0 Å². The molecule has 5 heteroatoms. The maximum absolute atomic E-state index is 5.79. The molecule has 0 radical (unpaired) electrons. The van der Waals surface area contributed by atoms with Gasteiger partial charge in [0, 0.05) is 7.05 Å². The number of nitrogens with one attached hydrogen (secondary N) is 1. The van der Waals surface area contributed by atoms with E-state index in [1.165, 1.54) is 6.33 Å². The Morgan fingerprint density at radius 1 is 1.47 bits per heavy atom. The minimum Gasteiger partial charge on any atom is -0.471 e. The summed E-state index contributed by atoms with van der Waals surface area (Å²) in [5.74, 6) is 1.30. The predicted molar refractivity (Wildman–Crippen MR) is 64.3 cm³/mol. The average molecular weight is 274 g/mol. The van der Waals surface area contributed by atoms with E-state index < -0.39 is 0 Å². The molecule has 1 heterocycles. The van der Waals surface area contributed by atoms with Crippen LogP contribution in [0.25, 0.3) is 0 Å². The van der Waals surface area contributed by atoms with Crippen LogP contribution in [0.5, 0.6) is 5.88 Å². The fourth-order valence-corrected chi connectivity index (χ4v) is 1.42. The largest absolute Gasteiger partial charge is 0.471 e. The number of hydrogen-bond donors (Lipinski definition) is 1. The van der Waals surface area contributed by atoms with Gasteiger partial charge in [-0.15, -0.1) is 0 Å². The van der Waals surface area contributed by atoms with Crippen LogP contribution in [0.15, 0.2) is 10.8 Å². The molecule has 0 unspecified atom stereocenters. The zero-order chi connectivity index (χ0) is 11.5. The Kier molecular flexibility index (Phi) is 3.90. The Morgan fingerprint density at radius 2 is 2.13 bits per heavy atom. The number of ether oxygens (including phenoxy) is 1. The molecular formula is C10H16BrN3O. The van der Waals surface area contributed by atoms with Crippen molar-refractivity contribution in [2.45, 2.75) is 32.8 Å². The summed E-state index contributed by atoms with van der Waals surface area (Å²) >= 11 is 3.41. The molecule has 1 rings (SSSR count). The highest BCUT2D eigenvalue weighted by atomic mass is 79.9. The van der Waals surface area contributed by atoms with E-state index in [-0.39, 0.29) is 5.60 Å². The number of rotatable bonds is 4. The van der Waals surface area contributed by atoms with E-state index in [2.05, 4.69) is 38.1 Å². The first-order valence-corrected chi connectivity index (χ1v) is 5.66. The van der Waals surface area contributed by atoms with E-state index in [4.69, 9.17) is 4.74 Å². The van der Waals surface area contributed by atoms with Crippen molar-refractivity contribution in [1.82, 2.24) is 9.97 Å². The van der Waals surface area contributed by atoms with Crippen LogP contribution < -0.4 is 10.1 Å². The van der Waals surface area contributed by atoms with Gasteiger partial charge in [0.2, 0.25) is 5.88 Å². The molecule has 0 amide bonds. The van der Waals surface area contributed by atoms with Crippen molar-refractivity contribution >= 4 is 21.7 Å². The first kappa shape index (κ1) is 12.2. The van der Waals surface area contributed by atoms with Gasteiger partial charge in [-0.1, -0.05) is 6.92 Å². The van der Waals surface area contributed by atoms with E-state index in [9.17, 15) is 0 Å². The van der Waals surface area contributed by atoms with Gasteiger partial charge in [0.05, 0.1) is 0 Å². The first-order valence-electron chi connectivity index (χ1n) is 4.87. The second-order valence-electron chi connectivity index (χ2n) is 3.81. The smallest absolute Gasteiger partial charge is 0.233 e. The highest BCUT2D eigenvalue weighted by Crippen LogP contribution is 2.31. The van der Waals surface area contributed by atoms with Crippen LogP contribution in [0, 0.1) is 0 Å². The lowest BCUT2D eigenvalue weighted by molar-refractivity contribution is 0.0978. The Labute approximate surface area is 98.6 Å². The van der Waals surface area contributed by atoms with Crippen molar-refractivity contribution in [1.29, 1.82) is 0 Å². The molecule has 15 heavy (non-hydrogen) atoms. The molecule has 1 N–H and O–H groups in total. The standard InChI is InChI=1S/C10H16BrN3O/c1-5-10(2,3)15-9-7(11)8(12-4)13-6-14-9/h6H,5H2,1-4H3,(H,12,13,14). The summed E-state index contributed by atoms with van der Waals surface area (Å²) in [6, 6.07) is 0. The van der Waals surface area contributed by atoms with Crippen molar-refractivity contribution in [2.75, 3.05) is 12.4 Å². The van der Waals surface area contributed by atoms with E-state index in [1.54, 1.807) is 0 Å². The molecule has 84 valence electrons. The van der Waals surface area contributed by atoms with Crippen molar-refractivity contribution in [3.63, 3.8) is 0 Å². The average Bonchev–Trinajstić information content (AvgIpc) is 2.21. The maximum Gasteiger partial charge on any atom is 0.233 e. The third kappa shape index (κ3) is 3.06. The summed E-state index contributed by atoms with van der Waals surface area (Å²) in [5.41, 5.74) is -0.220. The Bertz CT molecular complexity index is 341. The lowest BCUT2D eigenvalue weighted by atomic mass is 10.1. The second-order valence-corrected chi connectivity index (χ2v) is 4.60. The van der Waals surface area contributed by atoms with Gasteiger partial charge in [-0.25, -0.2) is 9.97 Å². The molecule has 0 atom stereocenters. The van der Waals surface area contributed by atoms with Crippen molar-refractivity contribution in [3.05, 3.63) is 10.8 Å². The molecule has 0 aliphatic heterocycles. The molecule has 0 fully saturated rings. The number of hydrogen-bond acceptors (Lipinski definition) is 4. The van der Waals surface area contributed by atoms with Gasteiger partial charge in [-0.05, 0) is 36.2 Å². The molecule has 0 aliphatic carbocycles. The Balaban J connectivity index is 2.95. The van der Waals surface area contributed by atoms with Crippen molar-refractivity contribution in [3.8, 4) is 5.88 Å². The topological polar surface area (TPSA) is 47.0 Å². The van der Waals surface area contributed by atoms with Crippen molar-refractivity contribution < 1.29 is 4.74 Å². The van der Waals surface area contributed by atoms with Gasteiger partial charge in [0.15, 0.2) is 0 Å². The lowest BCUT2D eigenvalue weighted by Gasteiger charge is -2.24. The quantitative estimate of drug-likeness (QED) is 0.917. The molecule has 0 aromatic carbocycles. The normalized spacial score (nSPS) is 11.3. The number of nitrogens with zero attached hydrogens (tertiary/aromatic N) is 2. The van der Waals surface area contributed by atoms with Gasteiger partial charge in [-0.2, -0.15) is 0 Å². The lowest BCUT2D eigenvalue weighted by Crippen LogP contribution is -2.27. The highest BCUT2D eigenvalue weighted by Gasteiger charge is 2.20. The summed E-state index contributed by atoms with van der Waals surface area (Å²) in [6.45, 7) is 6.13. The summed E-state index contributed by atoms with van der Waals surface area (Å²) in [7, 11) is 1.81. The molecule has 1 aromatic rings. The van der Waals surface area contributed by atoms with Gasteiger partial charge in [0.25, 0.3) is 0 Å². The molecule has 0 saturated carbocycles. The minimum atomic E-state index is -0.220. The monoisotopic (exact) mass is 273 g/mol. The summed E-state index contributed by atoms with van der Waals surface area (Å²) < 4.78 is 6.54. The van der Waals surface area contributed by atoms with Gasteiger partial charge < -0.3 is 10.1 Å². The molecule has 1 aromatic heterocycles. The highest BCUT2D eigenvalue weighted by molar-refractivity contribution is 9.10. The number of anilines is 1. The number of aromatic nitrogens is 2. The zero-order valence-electron chi connectivity index (χ0n) is 9.47. The molecule has 0 spiro atoms. The van der Waals surface area contributed by atoms with E-state index in [1.807, 2.05) is 20.9 Å². The van der Waals surface area contributed by atoms with Gasteiger partial charge >= 0.3 is 0 Å². The van der Waals surface area contributed by atoms with Gasteiger partial charge in [-0.3, -0.25) is 0 Å². The summed E-state index contributed by atoms with van der Waals surface area (Å²) in [5, 5.41) is 2.96. The molecule has 0 saturated heterocycles. The summed E-state index contributed by atoms with van der Waals surface area (Å²) in [6.07, 6.45) is 2.40. The van der Waals surface area contributed by atoms with Crippen LogP contribution in [0.1, 0.15) is 27.2 Å². The fourth-order valence-electron chi connectivity index (χ4n) is 0.933. The van der Waals surface area contributed by atoms with Crippen LogP contribution in [0.3, 0.4) is 0 Å². The van der Waals surface area contributed by atoms with Crippen LogP contribution in [-0.4, -0.2) is 22.6 Å². The fraction of sp³-hybridized carbons (Fsp3) is 0.600. The van der Waals surface area contributed by atoms with Crippen LogP contribution >= 0.6 is 15.9 Å². The molecule has 0 bridgehead atoms. The third-order valence-electron chi connectivity index (χ3n) is 2.22. The number of halogens is 1.